The minimum absolute atomic E-state index is 0.0199. The highest BCUT2D eigenvalue weighted by Crippen LogP contribution is 2.22. The normalized spacial score (nSPS) is 15.3. The standard InChI is InChI=1S/C25H28N2O2/c1-29-23-12-11-21-15-19(9-10-22(21)17-23)16-25(28)26-24(18-27-13-5-6-14-27)20-7-3-2-4-8-20/h2-4,7-12,15,17,24H,5-6,13-14,16,18H2,1H3,(H,26,28)/t24-/m1/s1. The second-order valence-corrected chi connectivity index (χ2v) is 7.76. The maximum Gasteiger partial charge on any atom is 0.224 e. The van der Waals surface area contributed by atoms with Gasteiger partial charge in [0.2, 0.25) is 5.91 Å². The summed E-state index contributed by atoms with van der Waals surface area (Å²) in [6.07, 6.45) is 2.87. The molecule has 0 spiro atoms. The molecule has 1 fully saturated rings. The molecule has 0 radical (unpaired) electrons. The van der Waals surface area contributed by atoms with E-state index >= 15 is 0 Å². The predicted octanol–water partition coefficient (Wildman–Crippen LogP) is 4.34. The number of likely N-dealkylation sites (tertiary alicyclic amines) is 1. The van der Waals surface area contributed by atoms with E-state index in [-0.39, 0.29) is 11.9 Å². The Labute approximate surface area is 172 Å². The monoisotopic (exact) mass is 388 g/mol. The first-order valence-electron chi connectivity index (χ1n) is 10.3. The van der Waals surface area contributed by atoms with E-state index in [1.54, 1.807) is 7.11 Å². The van der Waals surface area contributed by atoms with Gasteiger partial charge in [-0.05, 0) is 60.0 Å². The molecule has 0 saturated carbocycles. The summed E-state index contributed by atoms with van der Waals surface area (Å²) in [5.41, 5.74) is 2.19. The molecule has 1 atom stereocenters. The molecule has 1 aliphatic rings. The number of carbonyl (C=O) groups excluding carboxylic acids is 1. The predicted molar refractivity (Wildman–Crippen MR) is 117 cm³/mol. The lowest BCUT2D eigenvalue weighted by Gasteiger charge is -2.25. The van der Waals surface area contributed by atoms with Crippen LogP contribution in [0.1, 0.15) is 30.0 Å². The summed E-state index contributed by atoms with van der Waals surface area (Å²) in [6, 6.07) is 22.5. The first kappa shape index (κ1) is 19.5. The molecule has 150 valence electrons. The Hall–Kier alpha value is -2.85. The lowest BCUT2D eigenvalue weighted by atomic mass is 10.0. The number of carbonyl (C=O) groups is 1. The number of benzene rings is 3. The maximum absolute atomic E-state index is 12.9. The summed E-state index contributed by atoms with van der Waals surface area (Å²) in [5.74, 6) is 0.904. The number of rotatable bonds is 7. The topological polar surface area (TPSA) is 41.6 Å². The van der Waals surface area contributed by atoms with Gasteiger partial charge in [-0.15, -0.1) is 0 Å². The third kappa shape index (κ3) is 4.96. The number of nitrogens with zero attached hydrogens (tertiary/aromatic N) is 1. The van der Waals surface area contributed by atoms with Crippen LogP contribution in [0.15, 0.2) is 66.7 Å². The number of hydrogen-bond acceptors (Lipinski definition) is 3. The van der Waals surface area contributed by atoms with Crippen LogP contribution in [0.2, 0.25) is 0 Å². The van der Waals surface area contributed by atoms with Crippen LogP contribution >= 0.6 is 0 Å². The first-order valence-corrected chi connectivity index (χ1v) is 10.3. The zero-order valence-electron chi connectivity index (χ0n) is 16.9. The molecule has 1 heterocycles. The van der Waals surface area contributed by atoms with E-state index in [1.807, 2.05) is 42.5 Å². The van der Waals surface area contributed by atoms with Gasteiger partial charge in [-0.25, -0.2) is 0 Å². The minimum atomic E-state index is 0.0199. The van der Waals surface area contributed by atoms with Gasteiger partial charge in [0, 0.05) is 6.54 Å². The molecule has 0 unspecified atom stereocenters. The second-order valence-electron chi connectivity index (χ2n) is 7.76. The van der Waals surface area contributed by atoms with Gasteiger partial charge in [-0.3, -0.25) is 4.79 Å². The summed E-state index contributed by atoms with van der Waals surface area (Å²) in [5, 5.41) is 5.51. The average Bonchev–Trinajstić information content (AvgIpc) is 3.26. The van der Waals surface area contributed by atoms with E-state index < -0.39 is 0 Å². The Morgan fingerprint density at radius 1 is 1.00 bits per heavy atom. The van der Waals surface area contributed by atoms with Gasteiger partial charge >= 0.3 is 0 Å². The van der Waals surface area contributed by atoms with Gasteiger partial charge in [-0.2, -0.15) is 0 Å². The summed E-state index contributed by atoms with van der Waals surface area (Å²) >= 11 is 0. The van der Waals surface area contributed by atoms with Gasteiger partial charge in [0.15, 0.2) is 0 Å². The Balaban J connectivity index is 1.46. The quantitative estimate of drug-likeness (QED) is 0.654. The van der Waals surface area contributed by atoms with E-state index in [2.05, 4.69) is 34.5 Å². The molecular formula is C25H28N2O2. The lowest BCUT2D eigenvalue weighted by molar-refractivity contribution is -0.121. The lowest BCUT2D eigenvalue weighted by Crippen LogP contribution is -2.37. The van der Waals surface area contributed by atoms with Crippen LogP contribution < -0.4 is 10.1 Å². The highest BCUT2D eigenvalue weighted by atomic mass is 16.5. The highest BCUT2D eigenvalue weighted by Gasteiger charge is 2.20. The van der Waals surface area contributed by atoms with E-state index in [0.29, 0.717) is 6.42 Å². The third-order valence-corrected chi connectivity index (χ3v) is 5.65. The van der Waals surface area contributed by atoms with Gasteiger partial charge in [0.1, 0.15) is 5.75 Å². The molecule has 3 aromatic rings. The zero-order chi connectivity index (χ0) is 20.1. The number of methoxy groups -OCH3 is 1. The largest absolute Gasteiger partial charge is 0.497 e. The van der Waals surface area contributed by atoms with Crippen molar-refractivity contribution in [3.63, 3.8) is 0 Å². The fourth-order valence-corrected chi connectivity index (χ4v) is 4.08. The Morgan fingerprint density at radius 3 is 2.48 bits per heavy atom. The van der Waals surface area contributed by atoms with Crippen molar-refractivity contribution in [2.45, 2.75) is 25.3 Å². The summed E-state index contributed by atoms with van der Waals surface area (Å²) in [7, 11) is 1.67. The van der Waals surface area contributed by atoms with E-state index in [4.69, 9.17) is 4.74 Å². The fourth-order valence-electron chi connectivity index (χ4n) is 4.08. The van der Waals surface area contributed by atoms with E-state index in [9.17, 15) is 4.79 Å². The van der Waals surface area contributed by atoms with Crippen LogP contribution in [0.5, 0.6) is 5.75 Å². The molecule has 4 rings (SSSR count). The van der Waals surface area contributed by atoms with Gasteiger partial charge in [0.25, 0.3) is 0 Å². The summed E-state index contributed by atoms with van der Waals surface area (Å²) < 4.78 is 5.29. The molecule has 1 aliphatic heterocycles. The van der Waals surface area contributed by atoms with Gasteiger partial charge in [0.05, 0.1) is 19.6 Å². The maximum atomic E-state index is 12.9. The van der Waals surface area contributed by atoms with Crippen LogP contribution in [0.25, 0.3) is 10.8 Å². The zero-order valence-corrected chi connectivity index (χ0v) is 16.9. The number of amides is 1. The third-order valence-electron chi connectivity index (χ3n) is 5.65. The molecule has 0 aliphatic carbocycles. The summed E-state index contributed by atoms with van der Waals surface area (Å²) in [4.78, 5) is 15.3. The Bertz CT molecular complexity index is 965. The molecule has 1 amide bonds. The van der Waals surface area contributed by atoms with Crippen LogP contribution in [0.3, 0.4) is 0 Å². The number of hydrogen-bond donors (Lipinski definition) is 1. The molecular weight excluding hydrogens is 360 g/mol. The van der Waals surface area contributed by atoms with Crippen molar-refractivity contribution in [3.8, 4) is 5.75 Å². The Morgan fingerprint density at radius 2 is 1.72 bits per heavy atom. The first-order chi connectivity index (χ1) is 14.2. The number of ether oxygens (including phenoxy) is 1. The van der Waals surface area contributed by atoms with E-state index in [1.165, 1.54) is 18.4 Å². The average molecular weight is 389 g/mol. The fraction of sp³-hybridized carbons (Fsp3) is 0.320. The molecule has 3 aromatic carbocycles. The van der Waals surface area contributed by atoms with Gasteiger partial charge in [-0.1, -0.05) is 54.6 Å². The smallest absolute Gasteiger partial charge is 0.224 e. The van der Waals surface area contributed by atoms with Crippen molar-refractivity contribution in [1.82, 2.24) is 10.2 Å². The SMILES string of the molecule is COc1ccc2cc(CC(=O)N[C@H](CN3CCCC3)c3ccccc3)ccc2c1. The van der Waals surface area contributed by atoms with Crippen molar-refractivity contribution in [3.05, 3.63) is 77.9 Å². The van der Waals surface area contributed by atoms with Crippen molar-refractivity contribution in [2.24, 2.45) is 0 Å². The highest BCUT2D eigenvalue weighted by molar-refractivity contribution is 5.86. The van der Waals surface area contributed by atoms with Crippen LogP contribution in [0, 0.1) is 0 Å². The van der Waals surface area contributed by atoms with Crippen molar-refractivity contribution in [2.75, 3.05) is 26.7 Å². The molecule has 29 heavy (non-hydrogen) atoms. The summed E-state index contributed by atoms with van der Waals surface area (Å²) in [6.45, 7) is 3.11. The molecule has 4 heteroatoms. The van der Waals surface area contributed by atoms with Crippen molar-refractivity contribution in [1.29, 1.82) is 0 Å². The molecule has 1 N–H and O–H groups in total. The van der Waals surface area contributed by atoms with Crippen molar-refractivity contribution < 1.29 is 9.53 Å². The van der Waals surface area contributed by atoms with E-state index in [0.717, 1.165) is 41.7 Å². The second kappa shape index (κ2) is 9.10. The van der Waals surface area contributed by atoms with Crippen molar-refractivity contribution >= 4 is 16.7 Å². The molecule has 4 nitrogen and oxygen atoms in total. The minimum Gasteiger partial charge on any atom is -0.497 e. The molecule has 0 aromatic heterocycles. The molecule has 1 saturated heterocycles. The number of nitrogens with one attached hydrogen (secondary N) is 1. The van der Waals surface area contributed by atoms with Crippen LogP contribution in [-0.4, -0.2) is 37.6 Å². The van der Waals surface area contributed by atoms with Gasteiger partial charge < -0.3 is 15.0 Å². The number of fused-ring (bicyclic) bond motifs is 1. The Kier molecular flexibility index (Phi) is 6.11. The molecule has 0 bridgehead atoms. The van der Waals surface area contributed by atoms with Crippen LogP contribution in [-0.2, 0) is 11.2 Å². The van der Waals surface area contributed by atoms with Crippen LogP contribution in [0.4, 0.5) is 0 Å².